The Bertz CT molecular complexity index is 767. The quantitative estimate of drug-likeness (QED) is 0.688. The van der Waals surface area contributed by atoms with E-state index in [9.17, 15) is 0 Å². The summed E-state index contributed by atoms with van der Waals surface area (Å²) in [6.07, 6.45) is 5.02. The van der Waals surface area contributed by atoms with Gasteiger partial charge in [0.1, 0.15) is 5.76 Å². The summed E-state index contributed by atoms with van der Waals surface area (Å²) in [7, 11) is 0. The van der Waals surface area contributed by atoms with Crippen molar-refractivity contribution < 1.29 is 4.42 Å². The minimum absolute atomic E-state index is 0.301. The van der Waals surface area contributed by atoms with Crippen molar-refractivity contribution in [2.45, 2.75) is 31.8 Å². The van der Waals surface area contributed by atoms with Gasteiger partial charge in [-0.25, -0.2) is 4.98 Å². The molecule has 0 amide bonds. The smallest absolute Gasteiger partial charge is 0.211 e. The van der Waals surface area contributed by atoms with Crippen molar-refractivity contribution >= 4 is 0 Å². The molecule has 1 aliphatic heterocycles. The number of hydrogen-bond donors (Lipinski definition) is 0. The molecule has 3 aromatic rings. The van der Waals surface area contributed by atoms with Crippen LogP contribution in [0.1, 0.15) is 41.7 Å². The van der Waals surface area contributed by atoms with Crippen LogP contribution < -0.4 is 0 Å². The van der Waals surface area contributed by atoms with Gasteiger partial charge in [-0.2, -0.15) is 0 Å². The third-order valence-electron chi connectivity index (χ3n) is 4.67. The fraction of sp³-hybridized carbons (Fsp3) is 0.286. The van der Waals surface area contributed by atoms with Gasteiger partial charge < -0.3 is 4.42 Å². The Labute approximate surface area is 143 Å². The standard InChI is InChI=1S/C21H22N2O/c1-3-8-17(9-4-1)14-19-15-22-21(24-19)20-12-7-13-23(20)16-18-10-5-2-6-11-18/h1-6,8-11,15,20H,7,12-14,16H2/t20-/m1/s1. The van der Waals surface area contributed by atoms with Gasteiger partial charge in [-0.15, -0.1) is 0 Å². The number of oxazole rings is 1. The van der Waals surface area contributed by atoms with Crippen LogP contribution in [0, 0.1) is 0 Å². The van der Waals surface area contributed by atoms with Crippen molar-refractivity contribution in [3.63, 3.8) is 0 Å². The fourth-order valence-corrected chi connectivity index (χ4v) is 3.47. The van der Waals surface area contributed by atoms with Crippen LogP contribution in [0.3, 0.4) is 0 Å². The molecule has 1 aliphatic rings. The molecular weight excluding hydrogens is 296 g/mol. The Balaban J connectivity index is 1.47. The van der Waals surface area contributed by atoms with E-state index in [0.717, 1.165) is 37.6 Å². The van der Waals surface area contributed by atoms with Crippen molar-refractivity contribution in [2.75, 3.05) is 6.54 Å². The number of nitrogens with zero attached hydrogens (tertiary/aromatic N) is 2. The predicted molar refractivity (Wildman–Crippen MR) is 94.6 cm³/mol. The van der Waals surface area contributed by atoms with Gasteiger partial charge in [0.15, 0.2) is 0 Å². The second-order valence-corrected chi connectivity index (χ2v) is 6.44. The molecule has 1 atom stereocenters. The highest BCUT2D eigenvalue weighted by Gasteiger charge is 2.29. The lowest BCUT2D eigenvalue weighted by molar-refractivity contribution is 0.212. The predicted octanol–water partition coefficient (Wildman–Crippen LogP) is 4.60. The number of likely N-dealkylation sites (tertiary alicyclic amines) is 1. The monoisotopic (exact) mass is 318 g/mol. The molecule has 0 spiro atoms. The molecule has 1 saturated heterocycles. The first-order valence-corrected chi connectivity index (χ1v) is 8.65. The van der Waals surface area contributed by atoms with E-state index in [1.54, 1.807) is 0 Å². The van der Waals surface area contributed by atoms with Crippen molar-refractivity contribution in [2.24, 2.45) is 0 Å². The van der Waals surface area contributed by atoms with Gasteiger partial charge >= 0.3 is 0 Å². The zero-order chi connectivity index (χ0) is 16.2. The molecule has 1 fully saturated rings. The topological polar surface area (TPSA) is 29.3 Å². The van der Waals surface area contributed by atoms with Crippen LogP contribution >= 0.6 is 0 Å². The first-order chi connectivity index (χ1) is 11.9. The summed E-state index contributed by atoms with van der Waals surface area (Å²) in [6, 6.07) is 21.3. The summed E-state index contributed by atoms with van der Waals surface area (Å²) >= 11 is 0. The van der Waals surface area contributed by atoms with Gasteiger partial charge in [0.2, 0.25) is 5.89 Å². The molecule has 24 heavy (non-hydrogen) atoms. The van der Waals surface area contributed by atoms with E-state index in [0.29, 0.717) is 6.04 Å². The molecule has 3 heteroatoms. The van der Waals surface area contributed by atoms with Gasteiger partial charge in [-0.1, -0.05) is 60.7 Å². The average Bonchev–Trinajstić information content (AvgIpc) is 3.26. The number of benzene rings is 2. The summed E-state index contributed by atoms with van der Waals surface area (Å²) < 4.78 is 6.09. The summed E-state index contributed by atoms with van der Waals surface area (Å²) in [5, 5.41) is 0. The lowest BCUT2D eigenvalue weighted by atomic mass is 10.1. The molecule has 2 aromatic carbocycles. The summed E-state index contributed by atoms with van der Waals surface area (Å²) in [6.45, 7) is 2.07. The van der Waals surface area contributed by atoms with Crippen LogP contribution in [0.25, 0.3) is 0 Å². The van der Waals surface area contributed by atoms with Gasteiger partial charge in [0, 0.05) is 13.0 Å². The highest BCUT2D eigenvalue weighted by atomic mass is 16.4. The SMILES string of the molecule is c1ccc(Cc2cnc([C@H]3CCCN3Cc3ccccc3)o2)cc1. The van der Waals surface area contributed by atoms with E-state index in [4.69, 9.17) is 4.42 Å². The number of aromatic nitrogens is 1. The molecule has 2 heterocycles. The summed E-state index contributed by atoms with van der Waals surface area (Å²) in [5.74, 6) is 1.82. The molecule has 4 rings (SSSR count). The molecule has 0 radical (unpaired) electrons. The first-order valence-electron chi connectivity index (χ1n) is 8.65. The van der Waals surface area contributed by atoms with Crippen LogP contribution in [0.15, 0.2) is 71.3 Å². The van der Waals surface area contributed by atoms with Crippen molar-refractivity contribution in [3.8, 4) is 0 Å². The highest BCUT2D eigenvalue weighted by molar-refractivity contribution is 5.20. The Morgan fingerprint density at radius 3 is 2.42 bits per heavy atom. The van der Waals surface area contributed by atoms with E-state index in [-0.39, 0.29) is 0 Å². The second kappa shape index (κ2) is 7.02. The molecule has 0 bridgehead atoms. The minimum Gasteiger partial charge on any atom is -0.444 e. The van der Waals surface area contributed by atoms with Crippen molar-refractivity contribution in [1.82, 2.24) is 9.88 Å². The summed E-state index contributed by atoms with van der Waals surface area (Å²) in [5.41, 5.74) is 2.60. The average molecular weight is 318 g/mol. The van der Waals surface area contributed by atoms with E-state index >= 15 is 0 Å². The largest absolute Gasteiger partial charge is 0.444 e. The Hall–Kier alpha value is -2.39. The second-order valence-electron chi connectivity index (χ2n) is 6.44. The Morgan fingerprint density at radius 1 is 0.958 bits per heavy atom. The maximum atomic E-state index is 6.09. The van der Waals surface area contributed by atoms with E-state index in [1.165, 1.54) is 17.5 Å². The van der Waals surface area contributed by atoms with Crippen molar-refractivity contribution in [3.05, 3.63) is 89.6 Å². The number of hydrogen-bond acceptors (Lipinski definition) is 3. The number of rotatable bonds is 5. The van der Waals surface area contributed by atoms with Crippen LogP contribution in [0.4, 0.5) is 0 Å². The van der Waals surface area contributed by atoms with Gasteiger partial charge in [-0.05, 0) is 30.5 Å². The zero-order valence-electron chi connectivity index (χ0n) is 13.8. The zero-order valence-corrected chi connectivity index (χ0v) is 13.8. The highest BCUT2D eigenvalue weighted by Crippen LogP contribution is 2.33. The molecule has 0 unspecified atom stereocenters. The molecule has 0 aliphatic carbocycles. The van der Waals surface area contributed by atoms with Gasteiger partial charge in [-0.3, -0.25) is 4.90 Å². The summed E-state index contributed by atoms with van der Waals surface area (Å²) in [4.78, 5) is 7.06. The molecule has 0 saturated carbocycles. The van der Waals surface area contributed by atoms with E-state index < -0.39 is 0 Å². The van der Waals surface area contributed by atoms with Crippen LogP contribution in [0.2, 0.25) is 0 Å². The molecule has 122 valence electrons. The minimum atomic E-state index is 0.301. The Kier molecular flexibility index (Phi) is 4.43. The lowest BCUT2D eigenvalue weighted by Gasteiger charge is -2.21. The maximum Gasteiger partial charge on any atom is 0.211 e. The maximum absolute atomic E-state index is 6.09. The third kappa shape index (κ3) is 3.41. The van der Waals surface area contributed by atoms with Crippen molar-refractivity contribution in [1.29, 1.82) is 0 Å². The van der Waals surface area contributed by atoms with Crippen LogP contribution in [0.5, 0.6) is 0 Å². The fourth-order valence-electron chi connectivity index (χ4n) is 3.47. The van der Waals surface area contributed by atoms with Gasteiger partial charge in [0.05, 0.1) is 12.2 Å². The van der Waals surface area contributed by atoms with Crippen LogP contribution in [-0.2, 0) is 13.0 Å². The van der Waals surface area contributed by atoms with E-state index in [1.807, 2.05) is 12.3 Å². The van der Waals surface area contributed by atoms with E-state index in [2.05, 4.69) is 64.5 Å². The molecule has 3 nitrogen and oxygen atoms in total. The molecule has 1 aromatic heterocycles. The Morgan fingerprint density at radius 2 is 1.67 bits per heavy atom. The first kappa shape index (κ1) is 15.2. The van der Waals surface area contributed by atoms with Crippen LogP contribution in [-0.4, -0.2) is 16.4 Å². The molecular formula is C21H22N2O. The third-order valence-corrected chi connectivity index (χ3v) is 4.67. The van der Waals surface area contributed by atoms with Gasteiger partial charge in [0.25, 0.3) is 0 Å². The molecule has 0 N–H and O–H groups in total. The normalized spacial score (nSPS) is 18.1. The lowest BCUT2D eigenvalue weighted by Crippen LogP contribution is -2.22.